The van der Waals surface area contributed by atoms with E-state index in [1.54, 1.807) is 4.72 Å². The molecular weight excluding hydrogens is 440 g/mol. The number of sulfonamides is 1. The lowest BCUT2D eigenvalue weighted by molar-refractivity contribution is -0.138. The maximum atomic E-state index is 12.5. The van der Waals surface area contributed by atoms with E-state index in [1.165, 1.54) is 0 Å². The number of nitrogens with one attached hydrogen (secondary N) is 1. The Labute approximate surface area is 159 Å². The number of nitrogens with zero attached hydrogens (tertiary/aromatic N) is 2. The van der Waals surface area contributed by atoms with Crippen LogP contribution in [-0.2, 0) is 22.7 Å². The lowest BCUT2D eigenvalue weighted by Crippen LogP contribution is -2.31. The first-order valence-electron chi connectivity index (χ1n) is 7.22. The zero-order chi connectivity index (χ0) is 21.3. The molecule has 0 aliphatic carbocycles. The molecule has 6 nitrogen and oxygen atoms in total. The van der Waals surface area contributed by atoms with E-state index in [2.05, 4.69) is 4.98 Å². The second kappa shape index (κ2) is 7.62. The molecule has 0 unspecified atom stereocenters. The average molecular weight is 450 g/mol. The SMILES string of the molecule is O=C(NS(=O)(=O)c1ccc(C(F)(F)F)cc1)c1ncn(CCC(F)(F)F)c1Cl. The van der Waals surface area contributed by atoms with Crippen molar-refractivity contribution in [2.24, 2.45) is 0 Å². The highest BCUT2D eigenvalue weighted by molar-refractivity contribution is 7.90. The van der Waals surface area contributed by atoms with Crippen molar-refractivity contribution in [2.45, 2.75) is 30.2 Å². The molecule has 1 N–H and O–H groups in total. The molecule has 154 valence electrons. The molecule has 14 heteroatoms. The van der Waals surface area contributed by atoms with Crippen LogP contribution in [0.5, 0.6) is 0 Å². The number of benzene rings is 1. The molecule has 0 fully saturated rings. The maximum absolute atomic E-state index is 12.5. The van der Waals surface area contributed by atoms with Crippen molar-refractivity contribution < 1.29 is 39.6 Å². The molecule has 0 spiro atoms. The van der Waals surface area contributed by atoms with Crippen LogP contribution in [0.25, 0.3) is 0 Å². The molecule has 2 rings (SSSR count). The van der Waals surface area contributed by atoms with Gasteiger partial charge in [0.25, 0.3) is 15.9 Å². The van der Waals surface area contributed by atoms with E-state index in [4.69, 9.17) is 11.6 Å². The van der Waals surface area contributed by atoms with Crippen LogP contribution in [0.15, 0.2) is 35.5 Å². The molecule has 28 heavy (non-hydrogen) atoms. The fourth-order valence-electron chi connectivity index (χ4n) is 1.98. The number of rotatable bonds is 5. The molecule has 0 bridgehead atoms. The summed E-state index contributed by atoms with van der Waals surface area (Å²) < 4.78 is 101. The van der Waals surface area contributed by atoms with E-state index in [1.807, 2.05) is 0 Å². The van der Waals surface area contributed by atoms with Crippen LogP contribution >= 0.6 is 11.6 Å². The number of alkyl halides is 6. The second-order valence-electron chi connectivity index (χ2n) is 5.40. The Hall–Kier alpha value is -2.28. The number of carbonyl (C=O) groups excluding carboxylic acids is 1. The van der Waals surface area contributed by atoms with Crippen molar-refractivity contribution in [3.8, 4) is 0 Å². The highest BCUT2D eigenvalue weighted by Gasteiger charge is 2.31. The minimum absolute atomic E-state index is 0.512. The Morgan fingerprint density at radius 3 is 2.18 bits per heavy atom. The van der Waals surface area contributed by atoms with Gasteiger partial charge in [0.15, 0.2) is 5.69 Å². The first kappa shape index (κ1) is 22.0. The molecule has 0 saturated heterocycles. The third kappa shape index (κ3) is 5.38. The van der Waals surface area contributed by atoms with Gasteiger partial charge in [-0.05, 0) is 24.3 Å². The molecular formula is C14H10ClF6N3O3S. The van der Waals surface area contributed by atoms with Crippen molar-refractivity contribution in [2.75, 3.05) is 0 Å². The summed E-state index contributed by atoms with van der Waals surface area (Å²) in [6.45, 7) is -0.645. The van der Waals surface area contributed by atoms with E-state index >= 15 is 0 Å². The van der Waals surface area contributed by atoms with Gasteiger partial charge >= 0.3 is 12.4 Å². The number of aryl methyl sites for hydroxylation is 1. The monoisotopic (exact) mass is 449 g/mol. The van der Waals surface area contributed by atoms with Crippen LogP contribution in [-0.4, -0.2) is 30.1 Å². The largest absolute Gasteiger partial charge is 0.416 e. The van der Waals surface area contributed by atoms with Crippen molar-refractivity contribution in [1.82, 2.24) is 14.3 Å². The van der Waals surface area contributed by atoms with Gasteiger partial charge in [-0.1, -0.05) is 11.6 Å². The summed E-state index contributed by atoms with van der Waals surface area (Å²) in [7, 11) is -4.57. The predicted molar refractivity (Wildman–Crippen MR) is 84.0 cm³/mol. The Morgan fingerprint density at radius 1 is 1.11 bits per heavy atom. The number of carbonyl (C=O) groups is 1. The van der Waals surface area contributed by atoms with Crippen LogP contribution < -0.4 is 4.72 Å². The van der Waals surface area contributed by atoms with Crippen LogP contribution in [0.3, 0.4) is 0 Å². The number of imidazole rings is 1. The summed E-state index contributed by atoms with van der Waals surface area (Å²) in [5.41, 5.74) is -1.75. The van der Waals surface area contributed by atoms with Crippen molar-refractivity contribution >= 4 is 27.5 Å². The first-order valence-corrected chi connectivity index (χ1v) is 9.08. The third-order valence-electron chi connectivity index (χ3n) is 3.34. The molecule has 0 aliphatic heterocycles. The summed E-state index contributed by atoms with van der Waals surface area (Å²) in [5, 5.41) is -0.524. The average Bonchev–Trinajstić information content (AvgIpc) is 2.92. The van der Waals surface area contributed by atoms with Crippen LogP contribution in [0, 0.1) is 0 Å². The minimum atomic E-state index is -4.68. The maximum Gasteiger partial charge on any atom is 0.416 e. The lowest BCUT2D eigenvalue weighted by Gasteiger charge is -2.09. The fraction of sp³-hybridized carbons (Fsp3) is 0.286. The summed E-state index contributed by atoms with van der Waals surface area (Å²) in [4.78, 5) is 14.9. The summed E-state index contributed by atoms with van der Waals surface area (Å²) in [6, 6.07) is 2.31. The number of hydrogen-bond acceptors (Lipinski definition) is 4. The lowest BCUT2D eigenvalue weighted by atomic mass is 10.2. The van der Waals surface area contributed by atoms with E-state index < -0.39 is 62.6 Å². The van der Waals surface area contributed by atoms with Gasteiger partial charge in [0.2, 0.25) is 0 Å². The van der Waals surface area contributed by atoms with Gasteiger partial charge in [0.1, 0.15) is 5.15 Å². The van der Waals surface area contributed by atoms with Crippen LogP contribution in [0.2, 0.25) is 5.15 Å². The van der Waals surface area contributed by atoms with Crippen LogP contribution in [0.1, 0.15) is 22.5 Å². The molecule has 2 aromatic rings. The van der Waals surface area contributed by atoms with Gasteiger partial charge in [-0.15, -0.1) is 0 Å². The number of hydrogen-bond donors (Lipinski definition) is 1. The highest BCUT2D eigenvalue weighted by atomic mass is 35.5. The van der Waals surface area contributed by atoms with E-state index in [-0.39, 0.29) is 0 Å². The molecule has 0 radical (unpaired) electrons. The molecule has 1 aromatic carbocycles. The first-order chi connectivity index (χ1) is 12.7. The zero-order valence-corrected chi connectivity index (χ0v) is 15.0. The third-order valence-corrected chi connectivity index (χ3v) is 5.09. The van der Waals surface area contributed by atoms with Gasteiger partial charge in [0, 0.05) is 6.54 Å². The van der Waals surface area contributed by atoms with Crippen molar-refractivity contribution in [1.29, 1.82) is 0 Å². The normalized spacial score (nSPS) is 12.8. The Bertz CT molecular complexity index is 968. The van der Waals surface area contributed by atoms with E-state index in [0.29, 0.717) is 24.3 Å². The van der Waals surface area contributed by atoms with Gasteiger partial charge in [-0.2, -0.15) is 26.3 Å². The zero-order valence-electron chi connectivity index (χ0n) is 13.5. The Balaban J connectivity index is 2.17. The Kier molecular flexibility index (Phi) is 5.99. The van der Waals surface area contributed by atoms with Crippen LogP contribution in [0.4, 0.5) is 26.3 Å². The highest BCUT2D eigenvalue weighted by Crippen LogP contribution is 2.29. The van der Waals surface area contributed by atoms with Gasteiger partial charge in [-0.3, -0.25) is 4.79 Å². The van der Waals surface area contributed by atoms with E-state index in [9.17, 15) is 39.6 Å². The second-order valence-corrected chi connectivity index (χ2v) is 7.44. The fourth-order valence-corrected chi connectivity index (χ4v) is 3.19. The number of halogens is 7. The quantitative estimate of drug-likeness (QED) is 0.707. The smallest absolute Gasteiger partial charge is 0.321 e. The number of amides is 1. The Morgan fingerprint density at radius 2 is 1.68 bits per heavy atom. The molecule has 1 aromatic heterocycles. The molecule has 1 heterocycles. The van der Waals surface area contributed by atoms with Crippen molar-refractivity contribution in [3.05, 3.63) is 47.0 Å². The summed E-state index contributed by atoms with van der Waals surface area (Å²) in [5.74, 6) is -1.35. The van der Waals surface area contributed by atoms with Gasteiger partial charge < -0.3 is 4.57 Å². The topological polar surface area (TPSA) is 81.1 Å². The van der Waals surface area contributed by atoms with Crippen molar-refractivity contribution in [3.63, 3.8) is 0 Å². The summed E-state index contributed by atoms with van der Waals surface area (Å²) >= 11 is 5.75. The van der Waals surface area contributed by atoms with Gasteiger partial charge in [-0.25, -0.2) is 18.1 Å². The van der Waals surface area contributed by atoms with Gasteiger partial charge in [0.05, 0.1) is 23.2 Å². The molecule has 1 amide bonds. The minimum Gasteiger partial charge on any atom is -0.321 e. The number of aromatic nitrogens is 2. The van der Waals surface area contributed by atoms with E-state index in [0.717, 1.165) is 10.9 Å². The standard InChI is InChI=1S/C14H10ClF6N3O3S/c15-11-10(22-7-24(11)6-5-13(16,17)18)12(25)23-28(26,27)9-3-1-8(2-4-9)14(19,20)21/h1-4,7H,5-6H2,(H,23,25). The molecule has 0 atom stereocenters. The molecule has 0 aliphatic rings. The predicted octanol–water partition coefficient (Wildman–Crippen LogP) is 3.63. The summed E-state index contributed by atoms with van der Waals surface area (Å²) in [6.07, 6.45) is -9.59. The molecule has 0 saturated carbocycles.